The van der Waals surface area contributed by atoms with E-state index >= 15 is 0 Å². The fourth-order valence-corrected chi connectivity index (χ4v) is 2.43. The quantitative estimate of drug-likeness (QED) is 0.728. The molecule has 92 valence electrons. The maximum Gasteiger partial charge on any atom is 0.320 e. The number of carbonyl (C=O) groups is 1. The van der Waals surface area contributed by atoms with Crippen molar-refractivity contribution in [2.45, 2.75) is 12.8 Å². The van der Waals surface area contributed by atoms with E-state index < -0.39 is 0 Å². The first kappa shape index (κ1) is 11.7. The van der Waals surface area contributed by atoms with Gasteiger partial charge in [0.05, 0.1) is 13.2 Å². The molecule has 2 aliphatic heterocycles. The van der Waals surface area contributed by atoms with Crippen LogP contribution < -0.4 is 5.73 Å². The molecule has 5 nitrogen and oxygen atoms in total. The van der Waals surface area contributed by atoms with Crippen LogP contribution in [0.2, 0.25) is 0 Å². The number of urea groups is 1. The van der Waals surface area contributed by atoms with E-state index in [0.717, 1.165) is 45.6 Å². The third-order valence-electron chi connectivity index (χ3n) is 3.41. The van der Waals surface area contributed by atoms with E-state index in [0.29, 0.717) is 19.1 Å². The van der Waals surface area contributed by atoms with E-state index in [-0.39, 0.29) is 6.03 Å². The van der Waals surface area contributed by atoms with Crippen molar-refractivity contribution < 1.29 is 9.53 Å². The number of hydrogen-bond acceptors (Lipinski definition) is 3. The molecule has 2 amide bonds. The number of nitrogens with two attached hydrogens (primary N) is 1. The normalized spacial score (nSPS) is 26.2. The van der Waals surface area contributed by atoms with Gasteiger partial charge in [0.15, 0.2) is 0 Å². The van der Waals surface area contributed by atoms with Crippen molar-refractivity contribution in [3.8, 4) is 0 Å². The van der Waals surface area contributed by atoms with Gasteiger partial charge in [-0.2, -0.15) is 0 Å². The molecule has 0 aromatic rings. The van der Waals surface area contributed by atoms with Crippen LogP contribution in [0.1, 0.15) is 12.8 Å². The van der Waals surface area contributed by atoms with Crippen molar-refractivity contribution in [3.63, 3.8) is 0 Å². The second-order valence-corrected chi connectivity index (χ2v) is 4.56. The minimum absolute atomic E-state index is 0.183. The second-order valence-electron chi connectivity index (χ2n) is 4.56. The molecular formula is C11H21N3O2. The second kappa shape index (κ2) is 5.50. The number of likely N-dealkylation sites (tertiary alicyclic amines) is 1. The summed E-state index contributed by atoms with van der Waals surface area (Å²) in [6, 6.07) is 0.183. The van der Waals surface area contributed by atoms with Crippen LogP contribution >= 0.6 is 0 Å². The zero-order valence-electron chi connectivity index (χ0n) is 9.73. The lowest BCUT2D eigenvalue weighted by molar-refractivity contribution is 0.0449. The van der Waals surface area contributed by atoms with Crippen molar-refractivity contribution >= 4 is 6.03 Å². The van der Waals surface area contributed by atoms with E-state index in [1.165, 1.54) is 0 Å². The van der Waals surface area contributed by atoms with Gasteiger partial charge in [-0.25, -0.2) is 4.79 Å². The molecule has 2 N–H and O–H groups in total. The van der Waals surface area contributed by atoms with Gasteiger partial charge in [0.25, 0.3) is 0 Å². The number of rotatable bonds is 2. The Balaban J connectivity index is 1.81. The van der Waals surface area contributed by atoms with Crippen molar-refractivity contribution in [3.05, 3.63) is 0 Å². The number of amides is 2. The van der Waals surface area contributed by atoms with E-state index in [1.807, 2.05) is 9.80 Å². The van der Waals surface area contributed by atoms with Gasteiger partial charge in [0, 0.05) is 26.2 Å². The molecule has 2 fully saturated rings. The Labute approximate surface area is 96.5 Å². The third-order valence-corrected chi connectivity index (χ3v) is 3.41. The Kier molecular flexibility index (Phi) is 4.01. The average Bonchev–Trinajstić information content (AvgIpc) is 2.78. The Morgan fingerprint density at radius 2 is 2.00 bits per heavy atom. The standard InChI is InChI=1S/C11H21N3O2/c12-3-1-10-2-4-14(9-10)11(15)13-5-7-16-8-6-13/h10H,1-9,12H2. The first-order valence-electron chi connectivity index (χ1n) is 6.13. The summed E-state index contributed by atoms with van der Waals surface area (Å²) in [5, 5.41) is 0. The molecule has 2 aliphatic rings. The SMILES string of the molecule is NCCC1CCN(C(=O)N2CCOCC2)C1. The fourth-order valence-electron chi connectivity index (χ4n) is 2.43. The molecule has 1 unspecified atom stereocenters. The average molecular weight is 227 g/mol. The molecule has 5 heteroatoms. The summed E-state index contributed by atoms with van der Waals surface area (Å²) < 4.78 is 5.24. The van der Waals surface area contributed by atoms with Crippen molar-refractivity contribution in [1.29, 1.82) is 0 Å². The predicted octanol–water partition coefficient (Wildman–Crippen LogP) is 0.109. The molecule has 0 aliphatic carbocycles. The number of hydrogen-bond donors (Lipinski definition) is 1. The molecule has 0 bridgehead atoms. The highest BCUT2D eigenvalue weighted by Gasteiger charge is 2.29. The highest BCUT2D eigenvalue weighted by Crippen LogP contribution is 2.20. The van der Waals surface area contributed by atoms with Crippen LogP contribution in [0.3, 0.4) is 0 Å². The molecule has 2 heterocycles. The first-order valence-corrected chi connectivity index (χ1v) is 6.13. The number of nitrogens with zero attached hydrogens (tertiary/aromatic N) is 2. The van der Waals surface area contributed by atoms with E-state index in [2.05, 4.69) is 0 Å². The summed E-state index contributed by atoms with van der Waals surface area (Å²) in [7, 11) is 0. The summed E-state index contributed by atoms with van der Waals surface area (Å²) in [6.07, 6.45) is 2.14. The smallest absolute Gasteiger partial charge is 0.320 e. The first-order chi connectivity index (χ1) is 7.81. The Bertz CT molecular complexity index is 241. The van der Waals surface area contributed by atoms with E-state index in [1.54, 1.807) is 0 Å². The van der Waals surface area contributed by atoms with Crippen LogP contribution in [0.15, 0.2) is 0 Å². The van der Waals surface area contributed by atoms with E-state index in [4.69, 9.17) is 10.5 Å². The molecule has 0 spiro atoms. The Morgan fingerprint density at radius 3 is 2.69 bits per heavy atom. The van der Waals surface area contributed by atoms with Crippen molar-refractivity contribution in [1.82, 2.24) is 9.80 Å². The van der Waals surface area contributed by atoms with Crippen LogP contribution in [-0.2, 0) is 4.74 Å². The maximum atomic E-state index is 12.1. The monoisotopic (exact) mass is 227 g/mol. The van der Waals surface area contributed by atoms with Crippen LogP contribution in [-0.4, -0.2) is 61.8 Å². The van der Waals surface area contributed by atoms with E-state index in [9.17, 15) is 4.79 Å². The lowest BCUT2D eigenvalue weighted by Gasteiger charge is -2.31. The molecule has 2 saturated heterocycles. The van der Waals surface area contributed by atoms with Crippen LogP contribution in [0.4, 0.5) is 4.79 Å². The fraction of sp³-hybridized carbons (Fsp3) is 0.909. The molecule has 0 aromatic carbocycles. The van der Waals surface area contributed by atoms with Gasteiger partial charge in [0.2, 0.25) is 0 Å². The molecule has 1 atom stereocenters. The van der Waals surface area contributed by atoms with Crippen LogP contribution in [0.25, 0.3) is 0 Å². The van der Waals surface area contributed by atoms with Gasteiger partial charge in [-0.05, 0) is 25.3 Å². The summed E-state index contributed by atoms with van der Waals surface area (Å²) in [5.74, 6) is 0.606. The molecule has 16 heavy (non-hydrogen) atoms. The Morgan fingerprint density at radius 1 is 1.25 bits per heavy atom. The number of ether oxygens (including phenoxy) is 1. The maximum absolute atomic E-state index is 12.1. The molecule has 0 saturated carbocycles. The molecule has 2 rings (SSSR count). The van der Waals surface area contributed by atoms with Crippen molar-refractivity contribution in [2.75, 3.05) is 45.9 Å². The van der Waals surface area contributed by atoms with Gasteiger partial charge in [-0.1, -0.05) is 0 Å². The lowest BCUT2D eigenvalue weighted by Crippen LogP contribution is -2.47. The van der Waals surface area contributed by atoms with Gasteiger partial charge in [-0.3, -0.25) is 0 Å². The third kappa shape index (κ3) is 2.65. The minimum Gasteiger partial charge on any atom is -0.378 e. The van der Waals surface area contributed by atoms with Gasteiger partial charge in [0.1, 0.15) is 0 Å². The minimum atomic E-state index is 0.183. The zero-order valence-corrected chi connectivity index (χ0v) is 9.73. The zero-order chi connectivity index (χ0) is 11.4. The molecule has 0 radical (unpaired) electrons. The lowest BCUT2D eigenvalue weighted by atomic mass is 10.1. The predicted molar refractivity (Wildman–Crippen MR) is 61.1 cm³/mol. The topological polar surface area (TPSA) is 58.8 Å². The summed E-state index contributed by atoms with van der Waals surface area (Å²) in [4.78, 5) is 16.0. The highest BCUT2D eigenvalue weighted by molar-refractivity contribution is 5.74. The van der Waals surface area contributed by atoms with Crippen LogP contribution in [0, 0.1) is 5.92 Å². The highest BCUT2D eigenvalue weighted by atomic mass is 16.5. The van der Waals surface area contributed by atoms with Gasteiger partial charge in [-0.15, -0.1) is 0 Å². The number of morpholine rings is 1. The molecular weight excluding hydrogens is 206 g/mol. The summed E-state index contributed by atoms with van der Waals surface area (Å²) in [5.41, 5.74) is 5.54. The van der Waals surface area contributed by atoms with Crippen molar-refractivity contribution in [2.24, 2.45) is 11.7 Å². The largest absolute Gasteiger partial charge is 0.378 e. The Hall–Kier alpha value is -0.810. The molecule has 0 aromatic heterocycles. The van der Waals surface area contributed by atoms with Gasteiger partial charge < -0.3 is 20.3 Å². The summed E-state index contributed by atoms with van der Waals surface area (Å²) >= 11 is 0. The van der Waals surface area contributed by atoms with Crippen LogP contribution in [0.5, 0.6) is 0 Å². The number of carbonyl (C=O) groups excluding carboxylic acids is 1. The summed E-state index contributed by atoms with van der Waals surface area (Å²) in [6.45, 7) is 5.31. The van der Waals surface area contributed by atoms with Gasteiger partial charge >= 0.3 is 6.03 Å².